The van der Waals surface area contributed by atoms with Crippen molar-refractivity contribution in [2.45, 2.75) is 18.8 Å². The number of rotatable bonds is 3. The van der Waals surface area contributed by atoms with E-state index in [9.17, 15) is 9.18 Å². The van der Waals surface area contributed by atoms with E-state index in [1.54, 1.807) is 12.1 Å². The number of fused-ring (bicyclic) bond motifs is 1. The summed E-state index contributed by atoms with van der Waals surface area (Å²) in [6, 6.07) is 8.38. The van der Waals surface area contributed by atoms with Gasteiger partial charge in [0.05, 0.1) is 12.1 Å². The highest BCUT2D eigenvalue weighted by Crippen LogP contribution is 2.38. The molecule has 2 aromatic rings. The smallest absolute Gasteiger partial charge is 0.356 e. The van der Waals surface area contributed by atoms with Gasteiger partial charge in [0.15, 0.2) is 5.69 Å². The standard InChI is InChI=1S/C17H16ClFN2O2/c1-17(8-10-3-5-12(18)13(19)7-10)9-20-15-11(17)4-6-14(21-15)16(22)23-2/h3-7H,8-9H2,1-2H3,(H,20,21). The van der Waals surface area contributed by atoms with Gasteiger partial charge in [0.1, 0.15) is 11.6 Å². The van der Waals surface area contributed by atoms with Crippen LogP contribution in [-0.2, 0) is 16.6 Å². The quantitative estimate of drug-likeness (QED) is 0.872. The number of aromatic nitrogens is 1. The molecule has 0 saturated carbocycles. The summed E-state index contributed by atoms with van der Waals surface area (Å²) in [6.45, 7) is 2.74. The summed E-state index contributed by atoms with van der Waals surface area (Å²) in [4.78, 5) is 15.9. The van der Waals surface area contributed by atoms with Gasteiger partial charge in [-0.1, -0.05) is 30.7 Å². The van der Waals surface area contributed by atoms with E-state index in [0.29, 0.717) is 18.8 Å². The summed E-state index contributed by atoms with van der Waals surface area (Å²) in [7, 11) is 1.32. The lowest BCUT2D eigenvalue weighted by atomic mass is 9.79. The average molecular weight is 335 g/mol. The fourth-order valence-corrected chi connectivity index (χ4v) is 3.05. The molecular weight excluding hydrogens is 319 g/mol. The number of nitrogens with one attached hydrogen (secondary N) is 1. The Kier molecular flexibility index (Phi) is 3.98. The molecule has 1 unspecified atom stereocenters. The van der Waals surface area contributed by atoms with Gasteiger partial charge in [-0.25, -0.2) is 14.2 Å². The van der Waals surface area contributed by atoms with Crippen LogP contribution in [0.2, 0.25) is 5.02 Å². The predicted molar refractivity (Wildman–Crippen MR) is 86.5 cm³/mol. The zero-order valence-corrected chi connectivity index (χ0v) is 13.6. The van der Waals surface area contributed by atoms with Gasteiger partial charge in [-0.15, -0.1) is 0 Å². The van der Waals surface area contributed by atoms with E-state index in [2.05, 4.69) is 22.0 Å². The zero-order valence-electron chi connectivity index (χ0n) is 12.8. The summed E-state index contributed by atoms with van der Waals surface area (Å²) in [5.41, 5.74) is 1.89. The summed E-state index contributed by atoms with van der Waals surface area (Å²) in [5, 5.41) is 3.34. The van der Waals surface area contributed by atoms with Crippen LogP contribution in [0.4, 0.5) is 10.2 Å². The minimum absolute atomic E-state index is 0.119. The lowest BCUT2D eigenvalue weighted by Crippen LogP contribution is -2.27. The maximum atomic E-state index is 13.6. The summed E-state index contributed by atoms with van der Waals surface area (Å²) in [5.74, 6) is -0.217. The van der Waals surface area contributed by atoms with E-state index in [4.69, 9.17) is 11.6 Å². The SMILES string of the molecule is COC(=O)c1ccc2c(n1)NCC2(C)Cc1ccc(Cl)c(F)c1. The first-order valence-electron chi connectivity index (χ1n) is 7.20. The van der Waals surface area contributed by atoms with Gasteiger partial charge in [0.2, 0.25) is 0 Å². The van der Waals surface area contributed by atoms with Gasteiger partial charge in [-0.05, 0) is 30.2 Å². The van der Waals surface area contributed by atoms with Crippen molar-refractivity contribution in [3.05, 3.63) is 58.0 Å². The number of ether oxygens (including phenoxy) is 1. The van der Waals surface area contributed by atoms with Crippen LogP contribution < -0.4 is 5.32 Å². The number of hydrogen-bond acceptors (Lipinski definition) is 4. The molecule has 0 spiro atoms. The van der Waals surface area contributed by atoms with Crippen LogP contribution >= 0.6 is 11.6 Å². The van der Waals surface area contributed by atoms with Crippen molar-refractivity contribution in [1.82, 2.24) is 4.98 Å². The van der Waals surface area contributed by atoms with Gasteiger partial charge < -0.3 is 10.1 Å². The molecule has 0 saturated heterocycles. The van der Waals surface area contributed by atoms with Crippen LogP contribution in [-0.4, -0.2) is 24.6 Å². The predicted octanol–water partition coefficient (Wildman–Crippen LogP) is 3.59. The van der Waals surface area contributed by atoms with Crippen LogP contribution in [0.15, 0.2) is 30.3 Å². The van der Waals surface area contributed by atoms with Crippen molar-refractivity contribution in [2.24, 2.45) is 0 Å². The van der Waals surface area contributed by atoms with Crippen LogP contribution in [0.1, 0.15) is 28.5 Å². The fourth-order valence-electron chi connectivity index (χ4n) is 2.93. The first-order chi connectivity index (χ1) is 10.9. The average Bonchev–Trinajstić information content (AvgIpc) is 2.87. The first-order valence-corrected chi connectivity index (χ1v) is 7.58. The largest absolute Gasteiger partial charge is 0.464 e. The second-order valence-corrected chi connectivity index (χ2v) is 6.33. The molecule has 1 aromatic carbocycles. The number of halogens is 2. The molecule has 1 aromatic heterocycles. The molecule has 3 rings (SSSR count). The van der Waals surface area contributed by atoms with E-state index in [1.807, 2.05) is 12.1 Å². The molecule has 4 nitrogen and oxygen atoms in total. The number of pyridine rings is 1. The second-order valence-electron chi connectivity index (χ2n) is 5.92. The Morgan fingerprint density at radius 3 is 2.91 bits per heavy atom. The zero-order chi connectivity index (χ0) is 16.6. The third-order valence-electron chi connectivity index (χ3n) is 4.16. The normalized spacial score (nSPS) is 19.1. The summed E-state index contributed by atoms with van der Waals surface area (Å²) in [6.07, 6.45) is 0.639. The molecule has 2 heterocycles. The van der Waals surface area contributed by atoms with Gasteiger partial charge in [0, 0.05) is 17.5 Å². The van der Waals surface area contributed by atoms with Crippen molar-refractivity contribution in [2.75, 3.05) is 19.0 Å². The number of carbonyl (C=O) groups excluding carboxylic acids is 1. The second kappa shape index (κ2) is 5.81. The molecule has 6 heteroatoms. The van der Waals surface area contributed by atoms with E-state index in [1.165, 1.54) is 13.2 Å². The minimum Gasteiger partial charge on any atom is -0.464 e. The van der Waals surface area contributed by atoms with Crippen LogP contribution in [0, 0.1) is 5.82 Å². The Morgan fingerprint density at radius 2 is 2.22 bits per heavy atom. The highest BCUT2D eigenvalue weighted by molar-refractivity contribution is 6.30. The number of nitrogens with zero attached hydrogens (tertiary/aromatic N) is 1. The Labute approximate surface area is 138 Å². The molecule has 23 heavy (non-hydrogen) atoms. The van der Waals surface area contributed by atoms with E-state index in [0.717, 1.165) is 11.1 Å². The van der Waals surface area contributed by atoms with Gasteiger partial charge in [0.25, 0.3) is 0 Å². The van der Waals surface area contributed by atoms with Gasteiger partial charge >= 0.3 is 5.97 Å². The van der Waals surface area contributed by atoms with Crippen molar-refractivity contribution in [3.63, 3.8) is 0 Å². The molecule has 0 radical (unpaired) electrons. The molecule has 0 aliphatic carbocycles. The molecule has 0 bridgehead atoms. The number of methoxy groups -OCH3 is 1. The number of carbonyl (C=O) groups is 1. The van der Waals surface area contributed by atoms with Gasteiger partial charge in [-0.3, -0.25) is 0 Å². The number of benzene rings is 1. The Hall–Kier alpha value is -2.14. The number of anilines is 1. The van der Waals surface area contributed by atoms with E-state index < -0.39 is 11.8 Å². The monoisotopic (exact) mass is 334 g/mol. The number of hydrogen-bond donors (Lipinski definition) is 1. The molecule has 120 valence electrons. The Bertz CT molecular complexity index is 781. The Morgan fingerprint density at radius 1 is 1.43 bits per heavy atom. The van der Waals surface area contributed by atoms with E-state index >= 15 is 0 Å². The lowest BCUT2D eigenvalue weighted by Gasteiger charge is -2.24. The highest BCUT2D eigenvalue weighted by atomic mass is 35.5. The minimum atomic E-state index is -0.469. The Balaban J connectivity index is 1.90. The van der Waals surface area contributed by atoms with Crippen molar-refractivity contribution in [3.8, 4) is 0 Å². The maximum absolute atomic E-state index is 13.6. The van der Waals surface area contributed by atoms with Gasteiger partial charge in [-0.2, -0.15) is 0 Å². The fraction of sp³-hybridized carbons (Fsp3) is 0.294. The van der Waals surface area contributed by atoms with Crippen molar-refractivity contribution in [1.29, 1.82) is 0 Å². The highest BCUT2D eigenvalue weighted by Gasteiger charge is 2.36. The van der Waals surface area contributed by atoms with Crippen molar-refractivity contribution >= 4 is 23.4 Å². The third kappa shape index (κ3) is 2.88. The first kappa shape index (κ1) is 15.7. The molecular formula is C17H16ClFN2O2. The van der Waals surface area contributed by atoms with Crippen LogP contribution in [0.3, 0.4) is 0 Å². The van der Waals surface area contributed by atoms with E-state index in [-0.39, 0.29) is 16.1 Å². The molecule has 1 atom stereocenters. The topological polar surface area (TPSA) is 51.2 Å². The molecule has 1 aliphatic heterocycles. The lowest BCUT2D eigenvalue weighted by molar-refractivity contribution is 0.0594. The number of esters is 1. The van der Waals surface area contributed by atoms with Crippen molar-refractivity contribution < 1.29 is 13.9 Å². The molecule has 1 aliphatic rings. The molecule has 1 N–H and O–H groups in total. The third-order valence-corrected chi connectivity index (χ3v) is 4.47. The summed E-state index contributed by atoms with van der Waals surface area (Å²) < 4.78 is 18.3. The molecule has 0 amide bonds. The molecule has 0 fully saturated rings. The van der Waals surface area contributed by atoms with Crippen LogP contribution in [0.5, 0.6) is 0 Å². The van der Waals surface area contributed by atoms with Crippen LogP contribution in [0.25, 0.3) is 0 Å². The summed E-state index contributed by atoms with van der Waals surface area (Å²) >= 11 is 5.73. The maximum Gasteiger partial charge on any atom is 0.356 e.